The molecule has 1 N–H and O–H groups in total. The van der Waals surface area contributed by atoms with Crippen molar-refractivity contribution < 1.29 is 4.74 Å². The van der Waals surface area contributed by atoms with Crippen LogP contribution in [0.4, 0.5) is 0 Å². The summed E-state index contributed by atoms with van der Waals surface area (Å²) in [6.07, 6.45) is 15.9. The van der Waals surface area contributed by atoms with Crippen molar-refractivity contribution in [1.82, 2.24) is 5.32 Å². The monoisotopic (exact) mass is 295 g/mol. The SMILES string of the molecule is CCCCC1CCC(C(CCC2CCCO2)NCC)CC1. The van der Waals surface area contributed by atoms with E-state index in [-0.39, 0.29) is 0 Å². The van der Waals surface area contributed by atoms with E-state index in [1.165, 1.54) is 70.6 Å². The molecule has 0 aromatic rings. The van der Waals surface area contributed by atoms with Crippen molar-refractivity contribution in [2.75, 3.05) is 13.2 Å². The Bertz CT molecular complexity index is 254. The molecule has 2 aliphatic rings. The van der Waals surface area contributed by atoms with Gasteiger partial charge >= 0.3 is 0 Å². The molecular formula is C19H37NO. The topological polar surface area (TPSA) is 21.3 Å². The zero-order valence-corrected chi connectivity index (χ0v) is 14.4. The van der Waals surface area contributed by atoms with Crippen LogP contribution in [0.1, 0.15) is 84.5 Å². The third-order valence-electron chi connectivity index (χ3n) is 5.72. The Morgan fingerprint density at radius 3 is 2.48 bits per heavy atom. The first-order chi connectivity index (χ1) is 10.3. The van der Waals surface area contributed by atoms with E-state index in [1.54, 1.807) is 0 Å². The van der Waals surface area contributed by atoms with Crippen molar-refractivity contribution in [1.29, 1.82) is 0 Å². The van der Waals surface area contributed by atoms with Crippen molar-refractivity contribution in [3.63, 3.8) is 0 Å². The minimum absolute atomic E-state index is 0.562. The summed E-state index contributed by atoms with van der Waals surface area (Å²) >= 11 is 0. The van der Waals surface area contributed by atoms with E-state index in [9.17, 15) is 0 Å². The quantitative estimate of drug-likeness (QED) is 0.652. The fourth-order valence-electron chi connectivity index (χ4n) is 4.38. The second kappa shape index (κ2) is 9.84. The Labute approximate surface area is 132 Å². The minimum Gasteiger partial charge on any atom is -0.378 e. The molecule has 1 saturated carbocycles. The van der Waals surface area contributed by atoms with Gasteiger partial charge in [0.1, 0.15) is 0 Å². The van der Waals surface area contributed by atoms with Crippen LogP contribution in [-0.4, -0.2) is 25.3 Å². The molecule has 1 heterocycles. The van der Waals surface area contributed by atoms with Gasteiger partial charge in [-0.2, -0.15) is 0 Å². The molecule has 2 fully saturated rings. The fourth-order valence-corrected chi connectivity index (χ4v) is 4.38. The second-order valence-electron chi connectivity index (χ2n) is 7.30. The number of hydrogen-bond acceptors (Lipinski definition) is 2. The molecule has 0 spiro atoms. The lowest BCUT2D eigenvalue weighted by Gasteiger charge is -2.35. The molecule has 0 radical (unpaired) electrons. The number of ether oxygens (including phenoxy) is 1. The summed E-state index contributed by atoms with van der Waals surface area (Å²) in [4.78, 5) is 0. The molecule has 0 aromatic heterocycles. The smallest absolute Gasteiger partial charge is 0.0576 e. The molecule has 1 saturated heterocycles. The average Bonchev–Trinajstić information content (AvgIpc) is 3.03. The lowest BCUT2D eigenvalue weighted by Crippen LogP contribution is -2.38. The molecule has 1 aliphatic carbocycles. The molecule has 0 aromatic carbocycles. The molecule has 2 unspecified atom stereocenters. The van der Waals surface area contributed by atoms with Crippen molar-refractivity contribution in [2.45, 2.75) is 96.6 Å². The first kappa shape index (κ1) is 17.3. The van der Waals surface area contributed by atoms with Gasteiger partial charge in [-0.25, -0.2) is 0 Å². The second-order valence-corrected chi connectivity index (χ2v) is 7.30. The van der Waals surface area contributed by atoms with Crippen molar-refractivity contribution in [3.05, 3.63) is 0 Å². The Balaban J connectivity index is 1.70. The maximum Gasteiger partial charge on any atom is 0.0576 e. The number of unbranched alkanes of at least 4 members (excludes halogenated alkanes) is 1. The van der Waals surface area contributed by atoms with Gasteiger partial charge < -0.3 is 10.1 Å². The van der Waals surface area contributed by atoms with Crippen LogP contribution in [0.25, 0.3) is 0 Å². The zero-order chi connectivity index (χ0) is 14.9. The van der Waals surface area contributed by atoms with E-state index < -0.39 is 0 Å². The first-order valence-corrected chi connectivity index (χ1v) is 9.68. The summed E-state index contributed by atoms with van der Waals surface area (Å²) in [5.41, 5.74) is 0. The van der Waals surface area contributed by atoms with E-state index in [1.807, 2.05) is 0 Å². The highest BCUT2D eigenvalue weighted by Gasteiger charge is 2.28. The summed E-state index contributed by atoms with van der Waals surface area (Å²) in [6, 6.07) is 0.742. The molecule has 1 aliphatic heterocycles. The largest absolute Gasteiger partial charge is 0.378 e. The number of rotatable bonds is 9. The highest BCUT2D eigenvalue weighted by atomic mass is 16.5. The van der Waals surface area contributed by atoms with E-state index in [4.69, 9.17) is 4.74 Å². The minimum atomic E-state index is 0.562. The zero-order valence-electron chi connectivity index (χ0n) is 14.4. The normalized spacial score (nSPS) is 31.4. The molecule has 2 atom stereocenters. The summed E-state index contributed by atoms with van der Waals surface area (Å²) in [5, 5.41) is 3.78. The van der Waals surface area contributed by atoms with Crippen LogP contribution in [0.2, 0.25) is 0 Å². The van der Waals surface area contributed by atoms with E-state index in [0.717, 1.165) is 31.0 Å². The van der Waals surface area contributed by atoms with Crippen LogP contribution in [0.5, 0.6) is 0 Å². The van der Waals surface area contributed by atoms with Gasteiger partial charge in [-0.15, -0.1) is 0 Å². The number of hydrogen-bond donors (Lipinski definition) is 1. The van der Waals surface area contributed by atoms with Crippen LogP contribution in [0.3, 0.4) is 0 Å². The summed E-state index contributed by atoms with van der Waals surface area (Å²) < 4.78 is 5.80. The Hall–Kier alpha value is -0.0800. The summed E-state index contributed by atoms with van der Waals surface area (Å²) in [7, 11) is 0. The van der Waals surface area contributed by atoms with Gasteiger partial charge in [0.15, 0.2) is 0 Å². The van der Waals surface area contributed by atoms with E-state index >= 15 is 0 Å². The van der Waals surface area contributed by atoms with Crippen molar-refractivity contribution >= 4 is 0 Å². The predicted octanol–water partition coefficient (Wildman–Crippen LogP) is 4.92. The molecule has 2 heteroatoms. The van der Waals surface area contributed by atoms with Gasteiger partial charge in [0.05, 0.1) is 6.10 Å². The van der Waals surface area contributed by atoms with Crippen molar-refractivity contribution in [2.24, 2.45) is 11.8 Å². The molecule has 0 amide bonds. The molecular weight excluding hydrogens is 258 g/mol. The first-order valence-electron chi connectivity index (χ1n) is 9.68. The summed E-state index contributed by atoms with van der Waals surface area (Å²) in [6.45, 7) is 6.69. The van der Waals surface area contributed by atoms with Crippen LogP contribution >= 0.6 is 0 Å². The van der Waals surface area contributed by atoms with Gasteiger partial charge in [-0.1, -0.05) is 46.0 Å². The molecule has 124 valence electrons. The standard InChI is InChI=1S/C19H37NO/c1-3-5-7-16-9-11-17(12-10-16)19(20-4-2)14-13-18-8-6-15-21-18/h16-20H,3-15H2,1-2H3. The molecule has 21 heavy (non-hydrogen) atoms. The molecule has 0 bridgehead atoms. The molecule has 2 rings (SSSR count). The fraction of sp³-hybridized carbons (Fsp3) is 1.00. The lowest BCUT2D eigenvalue weighted by molar-refractivity contribution is 0.0944. The van der Waals surface area contributed by atoms with E-state index in [0.29, 0.717) is 6.10 Å². The van der Waals surface area contributed by atoms with Crippen LogP contribution < -0.4 is 5.32 Å². The van der Waals surface area contributed by atoms with Crippen LogP contribution in [0.15, 0.2) is 0 Å². The van der Waals surface area contributed by atoms with Crippen LogP contribution in [-0.2, 0) is 4.74 Å². The highest BCUT2D eigenvalue weighted by molar-refractivity contribution is 4.83. The number of nitrogens with one attached hydrogen (secondary N) is 1. The van der Waals surface area contributed by atoms with Gasteiger partial charge in [0.25, 0.3) is 0 Å². The van der Waals surface area contributed by atoms with Crippen molar-refractivity contribution in [3.8, 4) is 0 Å². The maximum atomic E-state index is 5.80. The Morgan fingerprint density at radius 2 is 1.86 bits per heavy atom. The average molecular weight is 296 g/mol. The molecule has 2 nitrogen and oxygen atoms in total. The van der Waals surface area contributed by atoms with Gasteiger partial charge in [-0.3, -0.25) is 0 Å². The Kier molecular flexibility index (Phi) is 8.10. The summed E-state index contributed by atoms with van der Waals surface area (Å²) in [5.74, 6) is 1.95. The third kappa shape index (κ3) is 5.90. The Morgan fingerprint density at radius 1 is 1.05 bits per heavy atom. The lowest BCUT2D eigenvalue weighted by atomic mass is 9.75. The van der Waals surface area contributed by atoms with Gasteiger partial charge in [-0.05, 0) is 56.9 Å². The highest BCUT2D eigenvalue weighted by Crippen LogP contribution is 2.35. The maximum absolute atomic E-state index is 5.80. The van der Waals surface area contributed by atoms with E-state index in [2.05, 4.69) is 19.2 Å². The van der Waals surface area contributed by atoms with Gasteiger partial charge in [0, 0.05) is 12.6 Å². The van der Waals surface area contributed by atoms with Crippen LogP contribution in [0, 0.1) is 11.8 Å². The predicted molar refractivity (Wildman–Crippen MR) is 90.6 cm³/mol. The van der Waals surface area contributed by atoms with Gasteiger partial charge in [0.2, 0.25) is 0 Å². The third-order valence-corrected chi connectivity index (χ3v) is 5.72.